The third-order valence-electron chi connectivity index (χ3n) is 2.26. The van der Waals surface area contributed by atoms with Gasteiger partial charge in [-0.15, -0.1) is 0 Å². The fourth-order valence-electron chi connectivity index (χ4n) is 1.32. The normalized spacial score (nSPS) is 12.1. The van der Waals surface area contributed by atoms with Gasteiger partial charge in [-0.25, -0.2) is 0 Å². The molecule has 0 aliphatic heterocycles. The Morgan fingerprint density at radius 3 is 2.56 bits per heavy atom. The average Bonchev–Trinajstić information content (AvgIpc) is 2.27. The molecule has 0 saturated heterocycles. The third-order valence-corrected chi connectivity index (χ3v) is 2.26. The summed E-state index contributed by atoms with van der Waals surface area (Å²) in [6, 6.07) is 7.50. The molecule has 3 N–H and O–H groups in total. The molecule has 0 aliphatic rings. The maximum Gasteiger partial charge on any atom is 0.303 e. The predicted molar refractivity (Wildman–Crippen MR) is 61.3 cm³/mol. The number of carbonyl (C=O) groups is 1. The Kier molecular flexibility index (Phi) is 4.79. The van der Waals surface area contributed by atoms with Gasteiger partial charge in [0.25, 0.3) is 0 Å². The summed E-state index contributed by atoms with van der Waals surface area (Å²) in [5, 5.41) is 8.53. The van der Waals surface area contributed by atoms with Crippen molar-refractivity contribution in [2.45, 2.75) is 32.4 Å². The topological polar surface area (TPSA) is 72.5 Å². The zero-order valence-electron chi connectivity index (χ0n) is 9.35. The van der Waals surface area contributed by atoms with Crippen LogP contribution in [0.15, 0.2) is 24.3 Å². The molecule has 1 unspecified atom stereocenters. The first-order valence-electron chi connectivity index (χ1n) is 5.29. The molecule has 0 radical (unpaired) electrons. The van der Waals surface area contributed by atoms with E-state index in [-0.39, 0.29) is 12.5 Å². The molecule has 1 aromatic rings. The van der Waals surface area contributed by atoms with E-state index >= 15 is 0 Å². The van der Waals surface area contributed by atoms with Crippen molar-refractivity contribution in [2.75, 3.05) is 0 Å². The standard InChI is InChI=1S/C12H17NO3/c1-9(2-7-12(14)15)16-11-5-3-10(8-13)4-6-11/h3-6,9H,2,7-8,13H2,1H3,(H,14,15). The molecule has 0 fully saturated rings. The van der Waals surface area contributed by atoms with Crippen LogP contribution in [0.2, 0.25) is 0 Å². The SMILES string of the molecule is CC(CCC(=O)O)Oc1ccc(CN)cc1. The van der Waals surface area contributed by atoms with Gasteiger partial charge in [-0.1, -0.05) is 12.1 Å². The molecule has 0 saturated carbocycles. The van der Waals surface area contributed by atoms with Crippen molar-refractivity contribution in [1.82, 2.24) is 0 Å². The average molecular weight is 223 g/mol. The highest BCUT2D eigenvalue weighted by Gasteiger charge is 2.06. The fourth-order valence-corrected chi connectivity index (χ4v) is 1.32. The van der Waals surface area contributed by atoms with Crippen molar-refractivity contribution < 1.29 is 14.6 Å². The number of rotatable bonds is 6. The molecular weight excluding hydrogens is 206 g/mol. The number of aliphatic carboxylic acids is 1. The van der Waals surface area contributed by atoms with Crippen molar-refractivity contribution in [1.29, 1.82) is 0 Å². The minimum atomic E-state index is -0.797. The molecule has 4 heteroatoms. The lowest BCUT2D eigenvalue weighted by atomic mass is 10.2. The highest BCUT2D eigenvalue weighted by molar-refractivity contribution is 5.66. The summed E-state index contributed by atoms with van der Waals surface area (Å²) in [5.74, 6) is -0.0518. The van der Waals surface area contributed by atoms with Crippen LogP contribution >= 0.6 is 0 Å². The summed E-state index contributed by atoms with van der Waals surface area (Å²) < 4.78 is 5.56. The van der Waals surface area contributed by atoms with Crippen LogP contribution in [0.5, 0.6) is 5.75 Å². The Hall–Kier alpha value is -1.55. The Morgan fingerprint density at radius 1 is 1.44 bits per heavy atom. The van der Waals surface area contributed by atoms with Crippen molar-refractivity contribution in [3.63, 3.8) is 0 Å². The Morgan fingerprint density at radius 2 is 2.06 bits per heavy atom. The summed E-state index contributed by atoms with van der Waals surface area (Å²) in [6.45, 7) is 2.37. The lowest BCUT2D eigenvalue weighted by Crippen LogP contribution is -2.13. The molecule has 0 spiro atoms. The van der Waals surface area contributed by atoms with E-state index in [1.165, 1.54) is 0 Å². The Bertz CT molecular complexity index is 335. The zero-order valence-corrected chi connectivity index (χ0v) is 9.35. The fraction of sp³-hybridized carbons (Fsp3) is 0.417. The van der Waals surface area contributed by atoms with Gasteiger partial charge in [-0.05, 0) is 31.0 Å². The first-order valence-corrected chi connectivity index (χ1v) is 5.29. The van der Waals surface area contributed by atoms with Gasteiger partial charge in [0.2, 0.25) is 0 Å². The molecule has 1 aromatic carbocycles. The van der Waals surface area contributed by atoms with E-state index in [4.69, 9.17) is 15.6 Å². The lowest BCUT2D eigenvalue weighted by molar-refractivity contribution is -0.137. The van der Waals surface area contributed by atoms with E-state index in [0.717, 1.165) is 11.3 Å². The summed E-state index contributed by atoms with van der Waals surface area (Å²) in [7, 11) is 0. The van der Waals surface area contributed by atoms with Gasteiger partial charge < -0.3 is 15.6 Å². The number of nitrogens with two attached hydrogens (primary N) is 1. The van der Waals surface area contributed by atoms with Crippen molar-refractivity contribution in [2.24, 2.45) is 5.73 Å². The Balaban J connectivity index is 2.43. The predicted octanol–water partition coefficient (Wildman–Crippen LogP) is 1.78. The number of carboxylic acids is 1. The number of ether oxygens (including phenoxy) is 1. The van der Waals surface area contributed by atoms with Gasteiger partial charge in [-0.3, -0.25) is 4.79 Å². The van der Waals surface area contributed by atoms with Gasteiger partial charge in [0.15, 0.2) is 0 Å². The van der Waals surface area contributed by atoms with Crippen LogP contribution in [0.1, 0.15) is 25.3 Å². The van der Waals surface area contributed by atoms with Crippen LogP contribution in [0.25, 0.3) is 0 Å². The van der Waals surface area contributed by atoms with Crippen LogP contribution in [0, 0.1) is 0 Å². The maximum atomic E-state index is 10.4. The van der Waals surface area contributed by atoms with Crippen molar-refractivity contribution in [3.8, 4) is 5.75 Å². The minimum Gasteiger partial charge on any atom is -0.491 e. The first-order chi connectivity index (χ1) is 7.61. The van der Waals surface area contributed by atoms with Crippen LogP contribution in [-0.4, -0.2) is 17.2 Å². The van der Waals surface area contributed by atoms with Gasteiger partial charge in [0, 0.05) is 13.0 Å². The molecule has 0 bridgehead atoms. The maximum absolute atomic E-state index is 10.4. The van der Waals surface area contributed by atoms with Crippen molar-refractivity contribution >= 4 is 5.97 Å². The van der Waals surface area contributed by atoms with Gasteiger partial charge >= 0.3 is 5.97 Å². The number of hydrogen-bond donors (Lipinski definition) is 2. The smallest absolute Gasteiger partial charge is 0.303 e. The van der Waals surface area contributed by atoms with Gasteiger partial charge in [-0.2, -0.15) is 0 Å². The van der Waals surface area contributed by atoms with Crippen LogP contribution in [0.3, 0.4) is 0 Å². The van der Waals surface area contributed by atoms with Crippen LogP contribution in [0.4, 0.5) is 0 Å². The molecular formula is C12H17NO3. The molecule has 0 amide bonds. The zero-order chi connectivity index (χ0) is 12.0. The Labute approximate surface area is 95.0 Å². The second-order valence-corrected chi connectivity index (χ2v) is 3.71. The summed E-state index contributed by atoms with van der Waals surface area (Å²) in [5.41, 5.74) is 6.52. The molecule has 4 nitrogen and oxygen atoms in total. The second-order valence-electron chi connectivity index (χ2n) is 3.71. The quantitative estimate of drug-likeness (QED) is 0.771. The largest absolute Gasteiger partial charge is 0.491 e. The van der Waals surface area contributed by atoms with E-state index in [1.807, 2.05) is 31.2 Å². The van der Waals surface area contributed by atoms with E-state index in [1.54, 1.807) is 0 Å². The van der Waals surface area contributed by atoms with E-state index in [2.05, 4.69) is 0 Å². The van der Waals surface area contributed by atoms with Crippen LogP contribution < -0.4 is 10.5 Å². The second kappa shape index (κ2) is 6.12. The van der Waals surface area contributed by atoms with Gasteiger partial charge in [0.1, 0.15) is 5.75 Å². The summed E-state index contributed by atoms with van der Waals surface area (Å²) in [6.07, 6.45) is 0.538. The molecule has 88 valence electrons. The lowest BCUT2D eigenvalue weighted by Gasteiger charge is -2.13. The van der Waals surface area contributed by atoms with Crippen molar-refractivity contribution in [3.05, 3.63) is 29.8 Å². The molecule has 0 aliphatic carbocycles. The molecule has 0 heterocycles. The first kappa shape index (κ1) is 12.5. The summed E-state index contributed by atoms with van der Waals surface area (Å²) in [4.78, 5) is 10.4. The van der Waals surface area contributed by atoms with Crippen LogP contribution in [-0.2, 0) is 11.3 Å². The van der Waals surface area contributed by atoms with E-state index < -0.39 is 5.97 Å². The molecule has 1 rings (SSSR count). The van der Waals surface area contributed by atoms with E-state index in [0.29, 0.717) is 13.0 Å². The molecule has 0 aromatic heterocycles. The monoisotopic (exact) mass is 223 g/mol. The minimum absolute atomic E-state index is 0.0974. The summed E-state index contributed by atoms with van der Waals surface area (Å²) >= 11 is 0. The number of carboxylic acid groups (broad SMARTS) is 1. The molecule has 1 atom stereocenters. The number of hydrogen-bond acceptors (Lipinski definition) is 3. The highest BCUT2D eigenvalue weighted by Crippen LogP contribution is 2.15. The third kappa shape index (κ3) is 4.31. The number of benzene rings is 1. The van der Waals surface area contributed by atoms with Gasteiger partial charge in [0.05, 0.1) is 6.10 Å². The highest BCUT2D eigenvalue weighted by atomic mass is 16.5. The molecule has 16 heavy (non-hydrogen) atoms. The van der Waals surface area contributed by atoms with E-state index in [9.17, 15) is 4.79 Å².